The van der Waals surface area contributed by atoms with Gasteiger partial charge in [0.1, 0.15) is 0 Å². The number of rotatable bonds is 6. The van der Waals surface area contributed by atoms with E-state index in [-0.39, 0.29) is 11.3 Å². The largest absolute Gasteiger partial charge is 0.293 e. The van der Waals surface area contributed by atoms with Crippen molar-refractivity contribution in [3.63, 3.8) is 0 Å². The molecule has 0 aliphatic heterocycles. The Bertz CT molecular complexity index is 1030. The number of carbonyl (C=O) groups is 1. The minimum atomic E-state index is -0.392. The number of ketones is 1. The molecule has 0 saturated carbocycles. The number of hydrogen-bond acceptors (Lipinski definition) is 4. The molecule has 1 atom stereocenters. The summed E-state index contributed by atoms with van der Waals surface area (Å²) < 4.78 is 1.53. The van der Waals surface area contributed by atoms with Crippen molar-refractivity contribution >= 4 is 40.0 Å². The van der Waals surface area contributed by atoms with Gasteiger partial charge in [-0.2, -0.15) is 0 Å². The summed E-state index contributed by atoms with van der Waals surface area (Å²) in [4.78, 5) is 30.0. The molecule has 0 fully saturated rings. The van der Waals surface area contributed by atoms with Crippen LogP contribution in [0.3, 0.4) is 0 Å². The molecular formula is C20H17ClN2O2S. The van der Waals surface area contributed by atoms with Crippen LogP contribution in [0.15, 0.2) is 71.1 Å². The van der Waals surface area contributed by atoms with Gasteiger partial charge in [-0.25, -0.2) is 4.98 Å². The van der Waals surface area contributed by atoms with Crippen molar-refractivity contribution in [2.45, 2.75) is 23.9 Å². The number of hydrogen-bond donors (Lipinski definition) is 0. The maximum absolute atomic E-state index is 12.8. The first-order chi connectivity index (χ1) is 12.5. The van der Waals surface area contributed by atoms with Crippen LogP contribution in [-0.4, -0.2) is 20.6 Å². The molecule has 0 radical (unpaired) electrons. The van der Waals surface area contributed by atoms with Crippen LogP contribution < -0.4 is 5.56 Å². The molecule has 2 aromatic carbocycles. The molecule has 1 heterocycles. The maximum Gasteiger partial charge on any atom is 0.262 e. The third kappa shape index (κ3) is 3.74. The molecule has 0 aliphatic carbocycles. The minimum Gasteiger partial charge on any atom is -0.293 e. The third-order valence-corrected chi connectivity index (χ3v) is 5.23. The lowest BCUT2D eigenvalue weighted by Crippen LogP contribution is -2.24. The predicted octanol–water partition coefficient (Wildman–Crippen LogP) is 4.60. The highest BCUT2D eigenvalue weighted by molar-refractivity contribution is 8.00. The number of benzene rings is 2. The smallest absolute Gasteiger partial charge is 0.262 e. The zero-order chi connectivity index (χ0) is 18.7. The van der Waals surface area contributed by atoms with Gasteiger partial charge in [-0.3, -0.25) is 14.2 Å². The molecule has 132 valence electrons. The second-order valence-electron chi connectivity index (χ2n) is 5.75. The Labute approximate surface area is 160 Å². The number of allylic oxidation sites excluding steroid dienone is 1. The normalized spacial score (nSPS) is 12.1. The van der Waals surface area contributed by atoms with Gasteiger partial charge in [-0.1, -0.05) is 59.8 Å². The van der Waals surface area contributed by atoms with Crippen LogP contribution in [0.25, 0.3) is 10.9 Å². The first kappa shape index (κ1) is 18.4. The standard InChI is InChI=1S/C20H17ClN2O2S/c1-3-11-23-19(25)16-10-9-15(21)12-17(16)22-20(23)26-13(2)18(24)14-7-5-4-6-8-14/h3-10,12-13H,1,11H2,2H3. The summed E-state index contributed by atoms with van der Waals surface area (Å²) in [5, 5.41) is 1.08. The van der Waals surface area contributed by atoms with E-state index in [1.807, 2.05) is 25.1 Å². The quantitative estimate of drug-likeness (QED) is 0.270. The van der Waals surface area contributed by atoms with Gasteiger partial charge >= 0.3 is 0 Å². The molecule has 0 spiro atoms. The number of thioether (sulfide) groups is 1. The number of Topliss-reactive ketones (excluding diaryl/α,β-unsaturated/α-hetero) is 1. The zero-order valence-electron chi connectivity index (χ0n) is 14.2. The monoisotopic (exact) mass is 384 g/mol. The highest BCUT2D eigenvalue weighted by atomic mass is 35.5. The lowest BCUT2D eigenvalue weighted by atomic mass is 10.1. The second kappa shape index (κ2) is 7.89. The van der Waals surface area contributed by atoms with E-state index in [9.17, 15) is 9.59 Å². The predicted molar refractivity (Wildman–Crippen MR) is 107 cm³/mol. The number of halogens is 1. The van der Waals surface area contributed by atoms with Crippen LogP contribution in [0.1, 0.15) is 17.3 Å². The average molecular weight is 385 g/mol. The van der Waals surface area contributed by atoms with Crippen LogP contribution in [0.4, 0.5) is 0 Å². The Morgan fingerprint density at radius 1 is 1.31 bits per heavy atom. The van der Waals surface area contributed by atoms with Gasteiger partial charge < -0.3 is 0 Å². The SMILES string of the molecule is C=CCn1c(SC(C)C(=O)c2ccccc2)nc2cc(Cl)ccc2c1=O. The molecule has 0 bridgehead atoms. The van der Waals surface area contributed by atoms with Gasteiger partial charge in [0, 0.05) is 17.1 Å². The van der Waals surface area contributed by atoms with Gasteiger partial charge in [0.2, 0.25) is 0 Å². The summed E-state index contributed by atoms with van der Waals surface area (Å²) in [5.41, 5.74) is 0.979. The average Bonchev–Trinajstić information content (AvgIpc) is 2.64. The summed E-state index contributed by atoms with van der Waals surface area (Å²) in [6.45, 7) is 5.84. The van der Waals surface area contributed by atoms with Crippen LogP contribution in [0.2, 0.25) is 5.02 Å². The second-order valence-corrected chi connectivity index (χ2v) is 7.50. The van der Waals surface area contributed by atoms with Crippen molar-refractivity contribution in [3.05, 3.63) is 82.1 Å². The van der Waals surface area contributed by atoms with E-state index in [0.29, 0.717) is 33.2 Å². The third-order valence-electron chi connectivity index (χ3n) is 3.90. The molecular weight excluding hydrogens is 368 g/mol. The fraction of sp³-hybridized carbons (Fsp3) is 0.150. The van der Waals surface area contributed by atoms with Crippen molar-refractivity contribution in [1.29, 1.82) is 0 Å². The number of carbonyl (C=O) groups excluding carboxylic acids is 1. The highest BCUT2D eigenvalue weighted by Gasteiger charge is 2.20. The molecule has 1 unspecified atom stereocenters. The Morgan fingerprint density at radius 3 is 2.73 bits per heavy atom. The summed E-state index contributed by atoms with van der Waals surface area (Å²) in [6, 6.07) is 14.1. The zero-order valence-corrected chi connectivity index (χ0v) is 15.8. The fourth-order valence-corrected chi connectivity index (χ4v) is 3.76. The molecule has 0 amide bonds. The van der Waals surface area contributed by atoms with E-state index in [4.69, 9.17) is 11.6 Å². The fourth-order valence-electron chi connectivity index (χ4n) is 2.60. The van der Waals surface area contributed by atoms with Crippen LogP contribution in [-0.2, 0) is 6.54 Å². The van der Waals surface area contributed by atoms with Crippen molar-refractivity contribution in [1.82, 2.24) is 9.55 Å². The topological polar surface area (TPSA) is 52.0 Å². The maximum atomic E-state index is 12.8. The summed E-state index contributed by atoms with van der Waals surface area (Å²) in [7, 11) is 0. The van der Waals surface area contributed by atoms with E-state index in [0.717, 1.165) is 0 Å². The van der Waals surface area contributed by atoms with Gasteiger partial charge in [0.05, 0.1) is 16.2 Å². The lowest BCUT2D eigenvalue weighted by molar-refractivity contribution is 0.0994. The number of nitrogens with zero attached hydrogens (tertiary/aromatic N) is 2. The Balaban J connectivity index is 2.03. The van der Waals surface area contributed by atoms with Crippen LogP contribution in [0.5, 0.6) is 0 Å². The lowest BCUT2D eigenvalue weighted by Gasteiger charge is -2.15. The Hall–Kier alpha value is -2.37. The molecule has 0 N–H and O–H groups in total. The van der Waals surface area contributed by atoms with Crippen LogP contribution in [0, 0.1) is 0 Å². The Morgan fingerprint density at radius 2 is 2.04 bits per heavy atom. The molecule has 26 heavy (non-hydrogen) atoms. The van der Waals surface area contributed by atoms with Gasteiger partial charge in [-0.05, 0) is 25.1 Å². The molecule has 4 nitrogen and oxygen atoms in total. The first-order valence-corrected chi connectivity index (χ1v) is 9.34. The van der Waals surface area contributed by atoms with Gasteiger partial charge in [0.15, 0.2) is 10.9 Å². The molecule has 0 aliphatic rings. The Kier molecular flexibility index (Phi) is 5.59. The summed E-state index contributed by atoms with van der Waals surface area (Å²) in [5.74, 6) is -0.0128. The van der Waals surface area contributed by atoms with Crippen molar-refractivity contribution in [2.24, 2.45) is 0 Å². The van der Waals surface area contributed by atoms with Crippen molar-refractivity contribution < 1.29 is 4.79 Å². The van der Waals surface area contributed by atoms with E-state index in [2.05, 4.69) is 11.6 Å². The number of aromatic nitrogens is 2. The molecule has 3 rings (SSSR count). The molecule has 1 aromatic heterocycles. The van der Waals surface area contributed by atoms with E-state index in [1.165, 1.54) is 16.3 Å². The molecule has 3 aromatic rings. The number of fused-ring (bicyclic) bond motifs is 1. The summed E-state index contributed by atoms with van der Waals surface area (Å²) >= 11 is 7.29. The molecule has 0 saturated heterocycles. The van der Waals surface area contributed by atoms with Gasteiger partial charge in [-0.15, -0.1) is 6.58 Å². The van der Waals surface area contributed by atoms with E-state index in [1.54, 1.807) is 36.4 Å². The first-order valence-electron chi connectivity index (χ1n) is 8.08. The van der Waals surface area contributed by atoms with Crippen molar-refractivity contribution in [3.8, 4) is 0 Å². The van der Waals surface area contributed by atoms with E-state index >= 15 is 0 Å². The van der Waals surface area contributed by atoms with Gasteiger partial charge in [0.25, 0.3) is 5.56 Å². The van der Waals surface area contributed by atoms with Crippen molar-refractivity contribution in [2.75, 3.05) is 0 Å². The molecule has 6 heteroatoms. The van der Waals surface area contributed by atoms with E-state index < -0.39 is 5.25 Å². The van der Waals surface area contributed by atoms with Crippen LogP contribution >= 0.6 is 23.4 Å². The minimum absolute atomic E-state index is 0.0128. The highest BCUT2D eigenvalue weighted by Crippen LogP contribution is 2.26. The summed E-state index contributed by atoms with van der Waals surface area (Å²) in [6.07, 6.45) is 1.64.